The summed E-state index contributed by atoms with van der Waals surface area (Å²) < 4.78 is 7.87. The number of ether oxygens (including phenoxy) is 1. The molecule has 0 aliphatic heterocycles. The van der Waals surface area contributed by atoms with Crippen LogP contribution >= 0.6 is 23.2 Å². The standard InChI is InChI=1S/C24H29Cl2N3O2/c1-5-16(3)29(17(4)6-2)24(30)14-28-21-10-8-7-9-20(21)27-23(28)15-31-22-12-11-18(25)13-19(22)26/h7-13,16-17H,5-6,14-15H2,1-4H3. The highest BCUT2D eigenvalue weighted by Gasteiger charge is 2.25. The molecule has 7 heteroatoms. The van der Waals surface area contributed by atoms with E-state index in [1.165, 1.54) is 0 Å². The second kappa shape index (κ2) is 10.4. The van der Waals surface area contributed by atoms with Crippen molar-refractivity contribution >= 4 is 40.1 Å². The molecular formula is C24H29Cl2N3O2. The minimum absolute atomic E-state index is 0.0811. The van der Waals surface area contributed by atoms with Crippen molar-refractivity contribution in [3.8, 4) is 5.75 Å². The molecule has 1 aromatic heterocycles. The maximum Gasteiger partial charge on any atom is 0.243 e. The van der Waals surface area contributed by atoms with Gasteiger partial charge in [0.1, 0.15) is 24.7 Å². The molecule has 166 valence electrons. The van der Waals surface area contributed by atoms with Crippen molar-refractivity contribution in [1.29, 1.82) is 0 Å². The van der Waals surface area contributed by atoms with Crippen LogP contribution in [0.25, 0.3) is 11.0 Å². The monoisotopic (exact) mass is 461 g/mol. The van der Waals surface area contributed by atoms with Gasteiger partial charge < -0.3 is 14.2 Å². The molecule has 0 N–H and O–H groups in total. The highest BCUT2D eigenvalue weighted by molar-refractivity contribution is 6.35. The number of aromatic nitrogens is 2. The molecule has 0 fully saturated rings. The van der Waals surface area contributed by atoms with Crippen molar-refractivity contribution in [1.82, 2.24) is 14.5 Å². The van der Waals surface area contributed by atoms with E-state index in [0.717, 1.165) is 23.9 Å². The Balaban J connectivity index is 1.90. The lowest BCUT2D eigenvalue weighted by molar-refractivity contribution is -0.136. The van der Waals surface area contributed by atoms with Gasteiger partial charge in [0.2, 0.25) is 5.91 Å². The molecule has 0 saturated heterocycles. The number of imidazole rings is 1. The third kappa shape index (κ3) is 5.34. The second-order valence-corrected chi connectivity index (χ2v) is 8.63. The number of halogens is 2. The predicted octanol–water partition coefficient (Wildman–Crippen LogP) is 6.35. The highest BCUT2D eigenvalue weighted by Crippen LogP contribution is 2.28. The second-order valence-electron chi connectivity index (χ2n) is 7.78. The van der Waals surface area contributed by atoms with Crippen LogP contribution in [0.5, 0.6) is 5.75 Å². The number of para-hydroxylation sites is 2. The van der Waals surface area contributed by atoms with Gasteiger partial charge in [0, 0.05) is 17.1 Å². The molecule has 2 atom stereocenters. The van der Waals surface area contributed by atoms with Gasteiger partial charge in [0.15, 0.2) is 0 Å². The van der Waals surface area contributed by atoms with Crippen LogP contribution in [0.4, 0.5) is 0 Å². The lowest BCUT2D eigenvalue weighted by Gasteiger charge is -2.34. The molecule has 3 aromatic rings. The molecule has 0 bridgehead atoms. The van der Waals surface area contributed by atoms with E-state index in [0.29, 0.717) is 21.6 Å². The van der Waals surface area contributed by atoms with Crippen molar-refractivity contribution in [2.24, 2.45) is 0 Å². The van der Waals surface area contributed by atoms with Gasteiger partial charge in [-0.15, -0.1) is 0 Å². The average Bonchev–Trinajstić information content (AvgIpc) is 3.10. The van der Waals surface area contributed by atoms with Crippen molar-refractivity contribution < 1.29 is 9.53 Å². The molecule has 0 radical (unpaired) electrons. The number of carbonyl (C=O) groups excluding carboxylic acids is 1. The minimum atomic E-state index is 0.0811. The van der Waals surface area contributed by atoms with Crippen molar-refractivity contribution in [2.45, 2.75) is 65.8 Å². The molecule has 0 spiro atoms. The van der Waals surface area contributed by atoms with Gasteiger partial charge in [-0.25, -0.2) is 4.98 Å². The van der Waals surface area contributed by atoms with Gasteiger partial charge in [-0.05, 0) is 57.0 Å². The molecule has 5 nitrogen and oxygen atoms in total. The van der Waals surface area contributed by atoms with Crippen LogP contribution < -0.4 is 4.74 Å². The number of carbonyl (C=O) groups is 1. The Kier molecular flexibility index (Phi) is 7.84. The van der Waals surface area contributed by atoms with E-state index in [-0.39, 0.29) is 31.1 Å². The Morgan fingerprint density at radius 1 is 1.10 bits per heavy atom. The molecule has 0 saturated carbocycles. The zero-order valence-electron chi connectivity index (χ0n) is 18.4. The van der Waals surface area contributed by atoms with E-state index in [4.69, 9.17) is 32.9 Å². The molecule has 0 aliphatic rings. The van der Waals surface area contributed by atoms with Crippen molar-refractivity contribution in [2.75, 3.05) is 0 Å². The topological polar surface area (TPSA) is 47.4 Å². The summed E-state index contributed by atoms with van der Waals surface area (Å²) in [6.45, 7) is 8.81. The summed E-state index contributed by atoms with van der Waals surface area (Å²) >= 11 is 12.2. The first-order valence-corrected chi connectivity index (χ1v) is 11.4. The van der Waals surface area contributed by atoms with Crippen molar-refractivity contribution in [3.63, 3.8) is 0 Å². The molecule has 31 heavy (non-hydrogen) atoms. The number of fused-ring (bicyclic) bond motifs is 1. The van der Waals surface area contributed by atoms with Gasteiger partial charge in [0.25, 0.3) is 0 Å². The molecule has 2 aromatic carbocycles. The van der Waals surface area contributed by atoms with E-state index >= 15 is 0 Å². The number of nitrogens with zero attached hydrogens (tertiary/aromatic N) is 3. The van der Waals surface area contributed by atoms with Crippen molar-refractivity contribution in [3.05, 3.63) is 58.3 Å². The number of hydrogen-bond acceptors (Lipinski definition) is 3. The zero-order chi connectivity index (χ0) is 22.5. The number of amides is 1. The van der Waals surface area contributed by atoms with E-state index in [9.17, 15) is 4.79 Å². The zero-order valence-corrected chi connectivity index (χ0v) is 20.0. The van der Waals surface area contributed by atoms with Gasteiger partial charge in [-0.1, -0.05) is 49.2 Å². The summed E-state index contributed by atoms with van der Waals surface area (Å²) in [5.41, 5.74) is 1.74. The highest BCUT2D eigenvalue weighted by atomic mass is 35.5. The lowest BCUT2D eigenvalue weighted by Crippen LogP contribution is -2.45. The summed E-state index contributed by atoms with van der Waals surface area (Å²) in [6.07, 6.45) is 1.82. The summed E-state index contributed by atoms with van der Waals surface area (Å²) in [5.74, 6) is 1.28. The largest absolute Gasteiger partial charge is 0.484 e. The fraction of sp³-hybridized carbons (Fsp3) is 0.417. The third-order valence-corrected chi connectivity index (χ3v) is 6.23. The Bertz CT molecular complexity index is 1040. The molecular weight excluding hydrogens is 433 g/mol. The van der Waals surface area contributed by atoms with Crippen LogP contribution in [-0.4, -0.2) is 32.4 Å². The van der Waals surface area contributed by atoms with Crippen LogP contribution in [-0.2, 0) is 17.9 Å². The summed E-state index contributed by atoms with van der Waals surface area (Å²) in [7, 11) is 0. The van der Waals surface area contributed by atoms with Crippen LogP contribution in [0, 0.1) is 0 Å². The maximum atomic E-state index is 13.4. The molecule has 1 amide bonds. The number of benzene rings is 2. The molecule has 1 heterocycles. The fourth-order valence-corrected chi connectivity index (χ4v) is 4.15. The quantitative estimate of drug-likeness (QED) is 0.372. The normalized spacial score (nSPS) is 13.2. The maximum absolute atomic E-state index is 13.4. The third-order valence-electron chi connectivity index (χ3n) is 5.70. The van der Waals surface area contributed by atoms with E-state index in [2.05, 4.69) is 27.7 Å². The summed E-state index contributed by atoms with van der Waals surface area (Å²) in [5, 5.41) is 0.983. The van der Waals surface area contributed by atoms with Crippen LogP contribution in [0.15, 0.2) is 42.5 Å². The molecule has 0 aliphatic carbocycles. The van der Waals surface area contributed by atoms with Gasteiger partial charge in [-0.3, -0.25) is 4.79 Å². The first-order valence-electron chi connectivity index (χ1n) is 10.7. The first-order chi connectivity index (χ1) is 14.8. The predicted molar refractivity (Wildman–Crippen MR) is 127 cm³/mol. The minimum Gasteiger partial charge on any atom is -0.484 e. The average molecular weight is 462 g/mol. The smallest absolute Gasteiger partial charge is 0.243 e. The van der Waals surface area contributed by atoms with E-state index in [1.807, 2.05) is 33.7 Å². The Morgan fingerprint density at radius 3 is 2.42 bits per heavy atom. The van der Waals surface area contributed by atoms with E-state index in [1.54, 1.807) is 18.2 Å². The SMILES string of the molecule is CCC(C)N(C(=O)Cn1c(COc2ccc(Cl)cc2Cl)nc2ccccc21)C(C)CC. The van der Waals surface area contributed by atoms with Gasteiger partial charge >= 0.3 is 0 Å². The van der Waals surface area contributed by atoms with Crippen LogP contribution in [0.2, 0.25) is 10.0 Å². The molecule has 3 rings (SSSR count). The number of hydrogen-bond donors (Lipinski definition) is 0. The Labute approximate surface area is 193 Å². The first kappa shape index (κ1) is 23.4. The van der Waals surface area contributed by atoms with E-state index < -0.39 is 0 Å². The number of rotatable bonds is 9. The Hall–Kier alpha value is -2.24. The van der Waals surface area contributed by atoms with Crippen LogP contribution in [0.3, 0.4) is 0 Å². The van der Waals surface area contributed by atoms with Gasteiger partial charge in [-0.2, -0.15) is 0 Å². The fourth-order valence-electron chi connectivity index (χ4n) is 3.68. The van der Waals surface area contributed by atoms with Gasteiger partial charge in [0.05, 0.1) is 16.1 Å². The molecule has 2 unspecified atom stereocenters. The Morgan fingerprint density at radius 2 is 1.77 bits per heavy atom. The van der Waals surface area contributed by atoms with Crippen LogP contribution in [0.1, 0.15) is 46.4 Å². The summed E-state index contributed by atoms with van der Waals surface area (Å²) in [6, 6.07) is 13.2. The lowest BCUT2D eigenvalue weighted by atomic mass is 10.1. The summed E-state index contributed by atoms with van der Waals surface area (Å²) in [4.78, 5) is 20.1.